The summed E-state index contributed by atoms with van der Waals surface area (Å²) >= 11 is 0. The maximum absolute atomic E-state index is 12.8. The third kappa shape index (κ3) is 5.76. The highest BCUT2D eigenvalue weighted by Crippen LogP contribution is 2.29. The van der Waals surface area contributed by atoms with Crippen LogP contribution in [-0.2, 0) is 16.7 Å². The Morgan fingerprint density at radius 2 is 1.83 bits per heavy atom. The second-order valence-corrected chi connectivity index (χ2v) is 8.76. The van der Waals surface area contributed by atoms with Gasteiger partial charge >= 0.3 is 10.1 Å². The highest BCUT2D eigenvalue weighted by molar-refractivity contribution is 7.87. The van der Waals surface area contributed by atoms with Crippen molar-refractivity contribution in [1.29, 1.82) is 0 Å². The Balaban J connectivity index is 2.44. The highest BCUT2D eigenvalue weighted by atomic mass is 32.2. The molecule has 0 fully saturated rings. The second kappa shape index (κ2) is 9.82. The van der Waals surface area contributed by atoms with E-state index in [0.29, 0.717) is 5.56 Å². The van der Waals surface area contributed by atoms with Crippen molar-refractivity contribution in [3.8, 4) is 5.75 Å². The van der Waals surface area contributed by atoms with Crippen molar-refractivity contribution in [1.82, 2.24) is 4.90 Å². The molecule has 29 heavy (non-hydrogen) atoms. The van der Waals surface area contributed by atoms with Gasteiger partial charge in [0, 0.05) is 36.4 Å². The number of nitrogens with zero attached hydrogens (tertiary/aromatic N) is 2. The topological polar surface area (TPSA) is 80.1 Å². The van der Waals surface area contributed by atoms with Crippen LogP contribution in [0.25, 0.3) is 0 Å². The number of carbonyl (C=O) groups excluding carboxylic acids is 1. The molecule has 1 aromatic carbocycles. The first-order chi connectivity index (χ1) is 13.7. The Bertz CT molecular complexity index is 903. The number of furan rings is 1. The van der Waals surface area contributed by atoms with Gasteiger partial charge in [0.2, 0.25) is 0 Å². The van der Waals surface area contributed by atoms with Crippen molar-refractivity contribution < 1.29 is 21.8 Å². The van der Waals surface area contributed by atoms with Crippen LogP contribution in [0.1, 0.15) is 50.7 Å². The maximum atomic E-state index is 12.8. The molecule has 0 N–H and O–H groups in total. The number of amides is 1. The number of hydrogen-bond donors (Lipinski definition) is 0. The molecule has 0 saturated carbocycles. The lowest BCUT2D eigenvalue weighted by molar-refractivity contribution is 0.0657. The molecule has 2 aromatic rings. The molecule has 0 saturated heterocycles. The van der Waals surface area contributed by atoms with E-state index in [1.54, 1.807) is 23.1 Å². The fourth-order valence-electron chi connectivity index (χ4n) is 2.95. The zero-order chi connectivity index (χ0) is 21.6. The first-order valence-electron chi connectivity index (χ1n) is 9.86. The molecular formula is C21H30N2O5S. The first-order valence-corrected chi connectivity index (χ1v) is 11.4. The summed E-state index contributed by atoms with van der Waals surface area (Å²) in [4.78, 5) is 16.6. The third-order valence-electron chi connectivity index (χ3n) is 4.71. The summed E-state index contributed by atoms with van der Waals surface area (Å²) in [6.45, 7) is 11.2. The van der Waals surface area contributed by atoms with Gasteiger partial charge in [-0.3, -0.25) is 4.79 Å². The van der Waals surface area contributed by atoms with Crippen LogP contribution in [0, 0.1) is 0 Å². The number of anilines is 1. The van der Waals surface area contributed by atoms with Gasteiger partial charge in [0.05, 0.1) is 18.6 Å². The van der Waals surface area contributed by atoms with Gasteiger partial charge in [-0.15, -0.1) is 0 Å². The van der Waals surface area contributed by atoms with Crippen molar-refractivity contribution in [2.75, 3.05) is 23.7 Å². The predicted octanol–water partition coefficient (Wildman–Crippen LogP) is 3.91. The standard InChI is InChI=1S/C21H30N2O5S/c1-6-22(7-2)18-12-11-17(20(14-18)28-29(25,26)8-3)15-23(16(4)5)21(24)19-10-9-13-27-19/h9-14,16H,6-8,15H2,1-5H3. The molecular weight excluding hydrogens is 392 g/mol. The minimum Gasteiger partial charge on any atom is -0.459 e. The second-order valence-electron chi connectivity index (χ2n) is 6.90. The summed E-state index contributed by atoms with van der Waals surface area (Å²) in [5.41, 5.74) is 1.49. The Labute approximate surface area is 173 Å². The summed E-state index contributed by atoms with van der Waals surface area (Å²) in [7, 11) is -3.71. The van der Waals surface area contributed by atoms with Crippen molar-refractivity contribution >= 4 is 21.7 Å². The molecule has 0 aliphatic carbocycles. The summed E-state index contributed by atoms with van der Waals surface area (Å²) in [5, 5.41) is 0. The van der Waals surface area contributed by atoms with Crippen LogP contribution in [0.5, 0.6) is 5.75 Å². The minimum atomic E-state index is -3.71. The van der Waals surface area contributed by atoms with Crippen LogP contribution < -0.4 is 9.08 Å². The molecule has 0 aliphatic rings. The van der Waals surface area contributed by atoms with Crippen molar-refractivity contribution in [3.63, 3.8) is 0 Å². The zero-order valence-electron chi connectivity index (χ0n) is 17.7. The highest BCUT2D eigenvalue weighted by Gasteiger charge is 2.24. The van der Waals surface area contributed by atoms with Gasteiger partial charge in [-0.2, -0.15) is 8.42 Å². The molecule has 2 rings (SSSR count). The van der Waals surface area contributed by atoms with E-state index >= 15 is 0 Å². The maximum Gasteiger partial charge on any atom is 0.308 e. The van der Waals surface area contributed by atoms with Crippen LogP contribution in [0.15, 0.2) is 41.0 Å². The third-order valence-corrected chi connectivity index (χ3v) is 5.85. The van der Waals surface area contributed by atoms with Gasteiger partial charge in [0.1, 0.15) is 5.75 Å². The van der Waals surface area contributed by atoms with Crippen molar-refractivity contribution in [3.05, 3.63) is 47.9 Å². The molecule has 0 bridgehead atoms. The van der Waals surface area contributed by atoms with Crippen LogP contribution in [0.4, 0.5) is 5.69 Å². The Morgan fingerprint density at radius 1 is 1.14 bits per heavy atom. The van der Waals surface area contributed by atoms with Crippen molar-refractivity contribution in [2.24, 2.45) is 0 Å². The molecule has 7 nitrogen and oxygen atoms in total. The summed E-state index contributed by atoms with van der Waals surface area (Å²) in [6.07, 6.45) is 1.45. The average Bonchev–Trinajstić information content (AvgIpc) is 3.22. The Kier molecular flexibility index (Phi) is 7.73. The molecule has 8 heteroatoms. The van der Waals surface area contributed by atoms with E-state index in [1.165, 1.54) is 13.2 Å². The van der Waals surface area contributed by atoms with E-state index < -0.39 is 10.1 Å². The number of carbonyl (C=O) groups is 1. The lowest BCUT2D eigenvalue weighted by atomic mass is 10.1. The van der Waals surface area contributed by atoms with E-state index in [4.69, 9.17) is 8.60 Å². The van der Waals surface area contributed by atoms with E-state index in [-0.39, 0.29) is 35.8 Å². The number of benzene rings is 1. The lowest BCUT2D eigenvalue weighted by Gasteiger charge is -2.28. The van der Waals surface area contributed by atoms with Crippen LogP contribution in [0.3, 0.4) is 0 Å². The molecule has 1 heterocycles. The van der Waals surface area contributed by atoms with Crippen molar-refractivity contribution in [2.45, 2.75) is 47.2 Å². The van der Waals surface area contributed by atoms with Crippen LogP contribution in [0.2, 0.25) is 0 Å². The molecule has 1 aromatic heterocycles. The quantitative estimate of drug-likeness (QED) is 0.540. The fourth-order valence-corrected chi connectivity index (χ4v) is 3.49. The van der Waals surface area contributed by atoms with E-state index in [2.05, 4.69) is 4.90 Å². The molecule has 0 unspecified atom stereocenters. The van der Waals surface area contributed by atoms with Gasteiger partial charge < -0.3 is 18.4 Å². The van der Waals surface area contributed by atoms with Crippen LogP contribution >= 0.6 is 0 Å². The van der Waals surface area contributed by atoms with Crippen LogP contribution in [-0.4, -0.2) is 44.1 Å². The normalized spacial score (nSPS) is 11.5. The van der Waals surface area contributed by atoms with E-state index in [1.807, 2.05) is 39.8 Å². The first kappa shape index (κ1) is 22.8. The summed E-state index contributed by atoms with van der Waals surface area (Å²) in [5.74, 6) is 0.0830. The SMILES string of the molecule is CCN(CC)c1ccc(CN(C(=O)c2ccco2)C(C)C)c(OS(=O)(=O)CC)c1. The van der Waals surface area contributed by atoms with E-state index in [0.717, 1.165) is 18.8 Å². The molecule has 0 radical (unpaired) electrons. The predicted molar refractivity (Wildman–Crippen MR) is 114 cm³/mol. The Morgan fingerprint density at radius 3 is 2.34 bits per heavy atom. The Hall–Kier alpha value is -2.48. The van der Waals surface area contributed by atoms with E-state index in [9.17, 15) is 13.2 Å². The molecule has 1 amide bonds. The largest absolute Gasteiger partial charge is 0.459 e. The summed E-state index contributed by atoms with van der Waals surface area (Å²) < 4.78 is 34.9. The zero-order valence-corrected chi connectivity index (χ0v) is 18.5. The number of hydrogen-bond acceptors (Lipinski definition) is 6. The monoisotopic (exact) mass is 422 g/mol. The minimum absolute atomic E-state index is 0.120. The fraction of sp³-hybridized carbons (Fsp3) is 0.476. The molecule has 0 aliphatic heterocycles. The number of rotatable bonds is 10. The average molecular weight is 423 g/mol. The molecule has 0 spiro atoms. The van der Waals surface area contributed by atoms with Gasteiger partial charge in [0.15, 0.2) is 5.76 Å². The van der Waals surface area contributed by atoms with Gasteiger partial charge in [0.25, 0.3) is 5.91 Å². The smallest absolute Gasteiger partial charge is 0.308 e. The van der Waals surface area contributed by atoms with Gasteiger partial charge in [-0.25, -0.2) is 0 Å². The summed E-state index contributed by atoms with van der Waals surface area (Å²) in [6, 6.07) is 8.62. The van der Waals surface area contributed by atoms with Gasteiger partial charge in [-0.1, -0.05) is 6.07 Å². The van der Waals surface area contributed by atoms with Gasteiger partial charge in [-0.05, 0) is 52.8 Å². The lowest BCUT2D eigenvalue weighted by Crippen LogP contribution is -2.36. The molecule has 160 valence electrons. The molecule has 0 atom stereocenters.